The number of rotatable bonds is 3. The van der Waals surface area contributed by atoms with E-state index >= 15 is 0 Å². The van der Waals surface area contributed by atoms with Gasteiger partial charge in [-0.1, -0.05) is 18.2 Å². The van der Waals surface area contributed by atoms with Gasteiger partial charge in [-0.25, -0.2) is 9.37 Å². The summed E-state index contributed by atoms with van der Waals surface area (Å²) >= 11 is 1.41. The van der Waals surface area contributed by atoms with E-state index in [1.807, 2.05) is 36.2 Å². The van der Waals surface area contributed by atoms with Crippen molar-refractivity contribution in [3.63, 3.8) is 0 Å². The van der Waals surface area contributed by atoms with E-state index in [-0.39, 0.29) is 11.7 Å². The Hall–Kier alpha value is -3.26. The third kappa shape index (κ3) is 3.23. The Morgan fingerprint density at radius 3 is 2.57 bits per heavy atom. The molecular formula is C22H20FN5OS. The average Bonchev–Trinajstić information content (AvgIpc) is 3.35. The predicted molar refractivity (Wildman–Crippen MR) is 116 cm³/mol. The first-order valence-corrected chi connectivity index (χ1v) is 10.6. The van der Waals surface area contributed by atoms with Crippen molar-refractivity contribution in [2.24, 2.45) is 7.05 Å². The number of thiophene rings is 1. The van der Waals surface area contributed by atoms with Crippen molar-refractivity contribution in [2.75, 3.05) is 31.1 Å². The molecule has 4 aromatic rings. The summed E-state index contributed by atoms with van der Waals surface area (Å²) in [6.07, 6.45) is 1.78. The number of fused-ring (bicyclic) bond motifs is 1. The van der Waals surface area contributed by atoms with Gasteiger partial charge in [0.2, 0.25) is 0 Å². The lowest BCUT2D eigenvalue weighted by Gasteiger charge is -2.35. The van der Waals surface area contributed by atoms with Crippen LogP contribution >= 0.6 is 11.3 Å². The first kappa shape index (κ1) is 18.7. The van der Waals surface area contributed by atoms with Crippen molar-refractivity contribution in [3.05, 3.63) is 65.4 Å². The van der Waals surface area contributed by atoms with Crippen LogP contribution in [-0.4, -0.2) is 51.8 Å². The van der Waals surface area contributed by atoms with Crippen LogP contribution in [0.5, 0.6) is 0 Å². The van der Waals surface area contributed by atoms with Crippen molar-refractivity contribution in [1.29, 1.82) is 0 Å². The van der Waals surface area contributed by atoms with E-state index in [0.29, 0.717) is 29.2 Å². The maximum atomic E-state index is 14.3. The first-order valence-electron chi connectivity index (χ1n) is 9.78. The van der Waals surface area contributed by atoms with Gasteiger partial charge < -0.3 is 9.80 Å². The zero-order valence-corrected chi connectivity index (χ0v) is 17.3. The Bertz CT molecular complexity index is 1210. The molecule has 0 unspecified atom stereocenters. The molecule has 1 fully saturated rings. The van der Waals surface area contributed by atoms with Gasteiger partial charge in [0.05, 0.1) is 4.88 Å². The highest BCUT2D eigenvalue weighted by Gasteiger charge is 2.26. The van der Waals surface area contributed by atoms with Crippen LogP contribution in [0.3, 0.4) is 0 Å². The number of carbonyl (C=O) groups excluding carboxylic acids is 1. The van der Waals surface area contributed by atoms with Gasteiger partial charge in [-0.15, -0.1) is 11.3 Å². The Labute approximate surface area is 177 Å². The summed E-state index contributed by atoms with van der Waals surface area (Å²) < 4.78 is 16.0. The largest absolute Gasteiger partial charge is 0.353 e. The monoisotopic (exact) mass is 421 g/mol. The molecule has 0 radical (unpaired) electrons. The molecule has 0 saturated carbocycles. The van der Waals surface area contributed by atoms with Crippen LogP contribution in [0.25, 0.3) is 21.5 Å². The van der Waals surface area contributed by atoms with Crippen LogP contribution in [0.4, 0.5) is 10.2 Å². The summed E-state index contributed by atoms with van der Waals surface area (Å²) in [6, 6.07) is 14.3. The van der Waals surface area contributed by atoms with E-state index in [4.69, 9.17) is 0 Å². The fourth-order valence-electron chi connectivity index (χ4n) is 3.83. The van der Waals surface area contributed by atoms with Crippen molar-refractivity contribution >= 4 is 33.3 Å². The highest BCUT2D eigenvalue weighted by Crippen LogP contribution is 2.35. The number of halogens is 1. The molecule has 5 rings (SSSR count). The minimum absolute atomic E-state index is 0.0105. The van der Waals surface area contributed by atoms with Gasteiger partial charge in [0.25, 0.3) is 5.91 Å². The molecule has 1 aromatic carbocycles. The normalized spacial score (nSPS) is 14.5. The number of aromatic nitrogens is 3. The van der Waals surface area contributed by atoms with Crippen molar-refractivity contribution in [1.82, 2.24) is 19.7 Å². The summed E-state index contributed by atoms with van der Waals surface area (Å²) in [4.78, 5) is 23.1. The van der Waals surface area contributed by atoms with E-state index in [0.717, 1.165) is 29.1 Å². The molecule has 1 saturated heterocycles. The SMILES string of the molecule is Cn1nc(-c2ccccc2F)c2cc(C(=O)N3CCN(c4ccccn4)CC3)sc21. The number of piperazine rings is 1. The zero-order chi connectivity index (χ0) is 20.7. The van der Waals surface area contributed by atoms with Gasteiger partial charge in [0, 0.05) is 50.4 Å². The summed E-state index contributed by atoms with van der Waals surface area (Å²) in [5, 5.41) is 5.29. The Morgan fingerprint density at radius 2 is 1.83 bits per heavy atom. The summed E-state index contributed by atoms with van der Waals surface area (Å²) in [6.45, 7) is 2.77. The number of hydrogen-bond acceptors (Lipinski definition) is 5. The van der Waals surface area contributed by atoms with Gasteiger partial charge in [-0.3, -0.25) is 9.48 Å². The Morgan fingerprint density at radius 1 is 1.07 bits per heavy atom. The van der Waals surface area contributed by atoms with Crippen LogP contribution in [0, 0.1) is 5.82 Å². The zero-order valence-electron chi connectivity index (χ0n) is 16.5. The second-order valence-electron chi connectivity index (χ2n) is 7.25. The van der Waals surface area contributed by atoms with Crippen LogP contribution in [0.15, 0.2) is 54.7 Å². The minimum Gasteiger partial charge on any atom is -0.353 e. The first-order chi connectivity index (χ1) is 14.6. The maximum absolute atomic E-state index is 14.3. The quantitative estimate of drug-likeness (QED) is 0.505. The van der Waals surface area contributed by atoms with Crippen LogP contribution in [0.1, 0.15) is 9.67 Å². The van der Waals surface area contributed by atoms with E-state index in [2.05, 4.69) is 15.0 Å². The third-order valence-corrected chi connectivity index (χ3v) is 6.58. The van der Waals surface area contributed by atoms with Crippen molar-refractivity contribution in [2.45, 2.75) is 0 Å². The molecule has 152 valence electrons. The molecule has 30 heavy (non-hydrogen) atoms. The molecule has 3 aromatic heterocycles. The number of hydrogen-bond donors (Lipinski definition) is 0. The molecule has 1 aliphatic rings. The Balaban J connectivity index is 1.39. The smallest absolute Gasteiger partial charge is 0.264 e. The van der Waals surface area contributed by atoms with Crippen molar-refractivity contribution in [3.8, 4) is 11.3 Å². The third-order valence-electron chi connectivity index (χ3n) is 5.39. The highest BCUT2D eigenvalue weighted by atomic mass is 32.1. The molecule has 0 aliphatic carbocycles. The van der Waals surface area contributed by atoms with Crippen LogP contribution in [0.2, 0.25) is 0 Å². The number of carbonyl (C=O) groups is 1. The molecule has 0 spiro atoms. The van der Waals surface area contributed by atoms with Gasteiger partial charge in [0.1, 0.15) is 22.2 Å². The summed E-state index contributed by atoms with van der Waals surface area (Å²) in [5.74, 6) is 0.630. The van der Waals surface area contributed by atoms with Gasteiger partial charge in [-0.05, 0) is 30.3 Å². The summed E-state index contributed by atoms with van der Waals surface area (Å²) in [5.41, 5.74) is 1.02. The Kier molecular flexibility index (Phi) is 4.71. The number of nitrogens with zero attached hydrogens (tertiary/aromatic N) is 5. The van der Waals surface area contributed by atoms with Gasteiger partial charge in [0.15, 0.2) is 0 Å². The molecule has 1 amide bonds. The highest BCUT2D eigenvalue weighted by molar-refractivity contribution is 7.20. The molecule has 6 nitrogen and oxygen atoms in total. The number of benzene rings is 1. The second-order valence-corrected chi connectivity index (χ2v) is 8.28. The van der Waals surface area contributed by atoms with E-state index in [1.165, 1.54) is 17.4 Å². The molecule has 8 heteroatoms. The molecule has 4 heterocycles. The van der Waals surface area contributed by atoms with E-state index in [1.54, 1.807) is 29.1 Å². The molecule has 0 N–H and O–H groups in total. The number of pyridine rings is 1. The fourth-order valence-corrected chi connectivity index (χ4v) is 4.87. The van der Waals surface area contributed by atoms with Crippen molar-refractivity contribution < 1.29 is 9.18 Å². The van der Waals surface area contributed by atoms with E-state index < -0.39 is 0 Å². The lowest BCUT2D eigenvalue weighted by atomic mass is 10.1. The summed E-state index contributed by atoms with van der Waals surface area (Å²) in [7, 11) is 1.82. The maximum Gasteiger partial charge on any atom is 0.264 e. The topological polar surface area (TPSA) is 54.3 Å². The lowest BCUT2D eigenvalue weighted by Crippen LogP contribution is -2.48. The number of aryl methyl sites for hydroxylation is 1. The van der Waals surface area contributed by atoms with Crippen LogP contribution < -0.4 is 4.90 Å². The molecular weight excluding hydrogens is 401 g/mol. The van der Waals surface area contributed by atoms with Gasteiger partial charge in [-0.2, -0.15) is 5.10 Å². The fraction of sp³-hybridized carbons (Fsp3) is 0.227. The van der Waals surface area contributed by atoms with Crippen LogP contribution in [-0.2, 0) is 7.05 Å². The molecule has 0 bridgehead atoms. The standard InChI is InChI=1S/C22H20FN5OS/c1-26-22-16(20(25-26)15-6-2-3-7-17(15)23)14-18(30-22)21(29)28-12-10-27(11-13-28)19-8-4-5-9-24-19/h2-9,14H,10-13H2,1H3. The van der Waals surface area contributed by atoms with Gasteiger partial charge >= 0.3 is 0 Å². The minimum atomic E-state index is -0.317. The molecule has 1 aliphatic heterocycles. The molecule has 0 atom stereocenters. The van der Waals surface area contributed by atoms with E-state index in [9.17, 15) is 9.18 Å². The number of amides is 1. The predicted octanol–water partition coefficient (Wildman–Crippen LogP) is 3.80. The second kappa shape index (κ2) is 7.53. The lowest BCUT2D eigenvalue weighted by molar-refractivity contribution is 0.0751. The number of anilines is 1. The average molecular weight is 422 g/mol.